The first-order valence-electron chi connectivity index (χ1n) is 7.28. The molecule has 10 heteroatoms. The van der Waals surface area contributed by atoms with E-state index in [1.165, 1.54) is 33.3 Å². The van der Waals surface area contributed by atoms with Gasteiger partial charge in [-0.15, -0.1) is 0 Å². The normalized spacial score (nSPS) is 11.3. The van der Waals surface area contributed by atoms with Crippen molar-refractivity contribution in [1.82, 2.24) is 4.31 Å². The predicted molar refractivity (Wildman–Crippen MR) is 93.1 cm³/mol. The number of nitrogens with zero attached hydrogens (tertiary/aromatic N) is 2. The number of benzene rings is 1. The number of hydrogen-bond acceptors (Lipinski definition) is 7. The number of rotatable bonds is 8. The molecule has 0 aliphatic heterocycles. The van der Waals surface area contributed by atoms with Crippen molar-refractivity contribution >= 4 is 33.3 Å². The summed E-state index contributed by atoms with van der Waals surface area (Å²) in [7, 11) is 4.03. The van der Waals surface area contributed by atoms with Crippen molar-refractivity contribution in [2.45, 2.75) is 4.90 Å². The molecule has 140 valence electrons. The summed E-state index contributed by atoms with van der Waals surface area (Å²) >= 11 is 0. The zero-order chi connectivity index (χ0) is 19.2. The lowest BCUT2D eigenvalue weighted by Crippen LogP contribution is -2.25. The minimum absolute atomic E-state index is 0.0368. The smallest absolute Gasteiger partial charge is 0.332 e. The molecule has 1 N–H and O–H groups in total. The maximum atomic E-state index is 12.3. The number of carbonyl (C=O) groups is 2. The van der Waals surface area contributed by atoms with E-state index in [1.807, 2.05) is 0 Å². The van der Waals surface area contributed by atoms with Crippen molar-refractivity contribution in [2.24, 2.45) is 0 Å². The molecular formula is C15H23N3O6S. The molecule has 9 nitrogen and oxygen atoms in total. The minimum atomic E-state index is -3.65. The Morgan fingerprint density at radius 2 is 1.76 bits per heavy atom. The number of nitrogens with one attached hydrogen (secondary N) is 1. The molecule has 1 aromatic rings. The molecule has 0 aliphatic carbocycles. The van der Waals surface area contributed by atoms with Gasteiger partial charge >= 0.3 is 5.97 Å². The van der Waals surface area contributed by atoms with Gasteiger partial charge in [0.15, 0.2) is 6.61 Å². The van der Waals surface area contributed by atoms with Gasteiger partial charge in [-0.2, -0.15) is 0 Å². The van der Waals surface area contributed by atoms with E-state index in [4.69, 9.17) is 4.74 Å². The zero-order valence-electron chi connectivity index (χ0n) is 14.9. The molecule has 25 heavy (non-hydrogen) atoms. The molecule has 0 spiro atoms. The molecule has 0 atom stereocenters. The van der Waals surface area contributed by atoms with Crippen LogP contribution in [0.4, 0.5) is 11.4 Å². The van der Waals surface area contributed by atoms with Crippen LogP contribution in [0.25, 0.3) is 0 Å². The first-order chi connectivity index (χ1) is 11.6. The molecule has 1 rings (SSSR count). The van der Waals surface area contributed by atoms with Gasteiger partial charge in [0.2, 0.25) is 10.0 Å². The number of ether oxygens (including phenoxy) is 2. The van der Waals surface area contributed by atoms with Crippen LogP contribution in [-0.4, -0.2) is 73.1 Å². The van der Waals surface area contributed by atoms with Crippen molar-refractivity contribution in [2.75, 3.05) is 58.7 Å². The van der Waals surface area contributed by atoms with Gasteiger partial charge in [-0.1, -0.05) is 0 Å². The monoisotopic (exact) mass is 373 g/mol. The highest BCUT2D eigenvalue weighted by atomic mass is 32.2. The van der Waals surface area contributed by atoms with Crippen molar-refractivity contribution in [3.8, 4) is 0 Å². The number of hydrogen-bond donors (Lipinski definition) is 1. The van der Waals surface area contributed by atoms with Gasteiger partial charge in [-0.05, 0) is 18.2 Å². The van der Waals surface area contributed by atoms with Crippen LogP contribution in [0.1, 0.15) is 0 Å². The quantitative estimate of drug-likeness (QED) is 0.646. The topological polar surface area (TPSA) is 105 Å². The fraction of sp³-hybridized carbons (Fsp3) is 0.467. The Labute approximate surface area is 147 Å². The average molecular weight is 373 g/mol. The Morgan fingerprint density at radius 3 is 2.28 bits per heavy atom. The number of methoxy groups -OCH3 is 1. The molecule has 0 aromatic heterocycles. The fourth-order valence-electron chi connectivity index (χ4n) is 1.87. The highest BCUT2D eigenvalue weighted by Gasteiger charge is 2.20. The van der Waals surface area contributed by atoms with E-state index >= 15 is 0 Å². The van der Waals surface area contributed by atoms with Crippen LogP contribution in [-0.2, 0) is 29.1 Å². The van der Waals surface area contributed by atoms with Gasteiger partial charge < -0.3 is 19.7 Å². The third-order valence-corrected chi connectivity index (χ3v) is 4.94. The second-order valence-corrected chi connectivity index (χ2v) is 7.65. The summed E-state index contributed by atoms with van der Waals surface area (Å²) in [6.45, 7) is -0.757. The van der Waals surface area contributed by atoms with Gasteiger partial charge in [-0.3, -0.25) is 4.79 Å². The van der Waals surface area contributed by atoms with Crippen LogP contribution >= 0.6 is 0 Å². The third-order valence-electron chi connectivity index (χ3n) is 3.13. The number of amides is 1. The zero-order valence-corrected chi connectivity index (χ0v) is 15.7. The van der Waals surface area contributed by atoms with Gasteiger partial charge in [0.25, 0.3) is 5.91 Å². The lowest BCUT2D eigenvalue weighted by atomic mass is 10.2. The lowest BCUT2D eigenvalue weighted by molar-refractivity contribution is -0.150. The highest BCUT2D eigenvalue weighted by Crippen LogP contribution is 2.28. The molecule has 0 aliphatic rings. The van der Waals surface area contributed by atoms with E-state index in [0.717, 1.165) is 4.31 Å². The number of anilines is 2. The molecule has 0 heterocycles. The summed E-state index contributed by atoms with van der Waals surface area (Å²) in [6, 6.07) is 4.40. The van der Waals surface area contributed by atoms with E-state index < -0.39 is 28.5 Å². The van der Waals surface area contributed by atoms with Crippen molar-refractivity contribution in [1.29, 1.82) is 0 Å². The molecule has 0 fully saturated rings. The molecular weight excluding hydrogens is 350 g/mol. The van der Waals surface area contributed by atoms with E-state index in [0.29, 0.717) is 11.4 Å². The molecule has 0 saturated heterocycles. The van der Waals surface area contributed by atoms with Crippen molar-refractivity contribution < 1.29 is 27.5 Å². The summed E-state index contributed by atoms with van der Waals surface area (Å²) in [6.07, 6.45) is 0. The van der Waals surface area contributed by atoms with E-state index in [9.17, 15) is 18.0 Å². The summed E-state index contributed by atoms with van der Waals surface area (Å²) in [4.78, 5) is 25.0. The first-order valence-corrected chi connectivity index (χ1v) is 8.72. The first kappa shape index (κ1) is 20.9. The van der Waals surface area contributed by atoms with Crippen LogP contribution < -0.4 is 10.2 Å². The third kappa shape index (κ3) is 5.69. The molecule has 0 unspecified atom stereocenters. The second-order valence-electron chi connectivity index (χ2n) is 5.50. The fourth-order valence-corrected chi connectivity index (χ4v) is 2.80. The van der Waals surface area contributed by atoms with Gasteiger partial charge in [0, 0.05) is 35.3 Å². The Hall–Kier alpha value is -2.17. The average Bonchev–Trinajstić information content (AvgIpc) is 2.52. The summed E-state index contributed by atoms with van der Waals surface area (Å²) in [5.74, 6) is -1.26. The highest BCUT2D eigenvalue weighted by molar-refractivity contribution is 7.89. The van der Waals surface area contributed by atoms with E-state index in [-0.39, 0.29) is 11.5 Å². The van der Waals surface area contributed by atoms with Crippen molar-refractivity contribution in [3.05, 3.63) is 18.2 Å². The Balaban J connectivity index is 3.03. The van der Waals surface area contributed by atoms with Gasteiger partial charge in [-0.25, -0.2) is 17.5 Å². The lowest BCUT2D eigenvalue weighted by Gasteiger charge is -2.20. The van der Waals surface area contributed by atoms with Crippen LogP contribution in [0.3, 0.4) is 0 Å². The Bertz CT molecular complexity index is 731. The summed E-state index contributed by atoms with van der Waals surface area (Å²) in [5, 5.41) is 2.56. The Morgan fingerprint density at radius 1 is 1.12 bits per heavy atom. The van der Waals surface area contributed by atoms with Crippen LogP contribution in [0.5, 0.6) is 0 Å². The van der Waals surface area contributed by atoms with Gasteiger partial charge in [0.05, 0.1) is 16.3 Å². The van der Waals surface area contributed by atoms with Gasteiger partial charge in [0.1, 0.15) is 6.61 Å². The van der Waals surface area contributed by atoms with Crippen LogP contribution in [0.15, 0.2) is 23.1 Å². The maximum absolute atomic E-state index is 12.3. The second kappa shape index (κ2) is 8.79. The molecule has 0 radical (unpaired) electrons. The molecule has 1 aromatic carbocycles. The largest absolute Gasteiger partial charge is 0.454 e. The number of sulfonamides is 1. The standard InChI is InChI=1S/C15H23N3O6S/c1-17(2)13-7-6-11(25(21,22)18(3)4)8-12(13)16-14(19)9-24-15(20)10-23-5/h6-8H,9-10H2,1-5H3,(H,16,19). The SMILES string of the molecule is COCC(=O)OCC(=O)Nc1cc(S(=O)(=O)N(C)C)ccc1N(C)C. The Kier molecular flexibility index (Phi) is 7.34. The summed E-state index contributed by atoms with van der Waals surface area (Å²) in [5.41, 5.74) is 0.898. The predicted octanol–water partition coefficient (Wildman–Crippen LogP) is 0.131. The number of carbonyl (C=O) groups excluding carboxylic acids is 2. The van der Waals surface area contributed by atoms with Crippen LogP contribution in [0, 0.1) is 0 Å². The van der Waals surface area contributed by atoms with E-state index in [1.54, 1.807) is 25.1 Å². The van der Waals surface area contributed by atoms with Crippen molar-refractivity contribution in [3.63, 3.8) is 0 Å². The maximum Gasteiger partial charge on any atom is 0.332 e. The minimum Gasteiger partial charge on any atom is -0.454 e. The molecule has 0 saturated carbocycles. The van der Waals surface area contributed by atoms with E-state index in [2.05, 4.69) is 10.1 Å². The molecule has 1 amide bonds. The van der Waals surface area contributed by atoms with Crippen LogP contribution in [0.2, 0.25) is 0 Å². The summed E-state index contributed by atoms with van der Waals surface area (Å²) < 4.78 is 34.9. The molecule has 0 bridgehead atoms. The number of esters is 1.